The minimum Gasteiger partial charge on any atom is -0.496 e. The number of carbonyl (C=O) groups is 3. The maximum Gasteiger partial charge on any atom is 0.241 e. The third-order valence-electron chi connectivity index (χ3n) is 7.94. The second-order valence-corrected chi connectivity index (χ2v) is 9.94. The maximum absolute atomic E-state index is 14.3. The van der Waals surface area contributed by atoms with Crippen LogP contribution >= 0.6 is 0 Å². The number of hydrogen-bond donors (Lipinski definition) is 0. The van der Waals surface area contributed by atoms with E-state index in [-0.39, 0.29) is 42.6 Å². The molecule has 0 spiro atoms. The summed E-state index contributed by atoms with van der Waals surface area (Å²) >= 11 is 0. The fourth-order valence-electron chi connectivity index (χ4n) is 6.24. The lowest BCUT2D eigenvalue weighted by Crippen LogP contribution is -2.46. The number of hydrogen-bond acceptors (Lipinski definition) is 4. The van der Waals surface area contributed by atoms with Gasteiger partial charge in [0, 0.05) is 31.0 Å². The van der Waals surface area contributed by atoms with Gasteiger partial charge in [0.2, 0.25) is 17.7 Å². The van der Waals surface area contributed by atoms with Crippen molar-refractivity contribution in [2.75, 3.05) is 13.7 Å². The smallest absolute Gasteiger partial charge is 0.241 e. The number of rotatable bonds is 6. The van der Waals surface area contributed by atoms with Gasteiger partial charge in [-0.2, -0.15) is 0 Å². The third kappa shape index (κ3) is 4.11. The first-order valence-corrected chi connectivity index (χ1v) is 12.5. The molecule has 2 aromatic carbocycles. The molecular weight excluding hydrogens is 447 g/mol. The maximum atomic E-state index is 14.3. The molecule has 1 saturated carbocycles. The van der Waals surface area contributed by atoms with Gasteiger partial charge >= 0.3 is 0 Å². The fourth-order valence-corrected chi connectivity index (χ4v) is 6.24. The van der Waals surface area contributed by atoms with E-state index in [4.69, 9.17) is 4.74 Å². The highest BCUT2D eigenvalue weighted by atomic mass is 19.1. The molecule has 2 aromatic rings. The van der Waals surface area contributed by atoms with Crippen LogP contribution in [0.25, 0.3) is 0 Å². The number of carbonyl (C=O) groups excluding carboxylic acids is 3. The largest absolute Gasteiger partial charge is 0.496 e. The van der Waals surface area contributed by atoms with Gasteiger partial charge in [-0.05, 0) is 49.4 Å². The van der Waals surface area contributed by atoms with Crippen LogP contribution in [-0.2, 0) is 19.8 Å². The second-order valence-electron chi connectivity index (χ2n) is 9.94. The van der Waals surface area contributed by atoms with Gasteiger partial charge in [0.15, 0.2) is 0 Å². The average molecular weight is 479 g/mol. The zero-order valence-electron chi connectivity index (χ0n) is 20.0. The van der Waals surface area contributed by atoms with Crippen LogP contribution in [0.1, 0.15) is 68.5 Å². The monoisotopic (exact) mass is 478 g/mol. The summed E-state index contributed by atoms with van der Waals surface area (Å²) in [5, 5.41) is 0. The molecule has 0 unspecified atom stereocenters. The molecule has 0 aromatic heterocycles. The first kappa shape index (κ1) is 23.5. The second kappa shape index (κ2) is 9.44. The normalized spacial score (nSPS) is 25.0. The first-order chi connectivity index (χ1) is 16.9. The number of amides is 3. The summed E-state index contributed by atoms with van der Waals surface area (Å²) in [6.45, 7) is 0.565. The van der Waals surface area contributed by atoms with Gasteiger partial charge in [-0.15, -0.1) is 0 Å². The van der Waals surface area contributed by atoms with Crippen molar-refractivity contribution in [3.8, 4) is 5.75 Å². The SMILES string of the molecule is COc1ccccc1[C@@H]1CCCN1C(=O)C[C@]1(c2cccc(F)c2)CC(=O)N(C2CCCC2)C1=O. The van der Waals surface area contributed by atoms with Crippen molar-refractivity contribution in [3.63, 3.8) is 0 Å². The van der Waals surface area contributed by atoms with Crippen LogP contribution in [0.3, 0.4) is 0 Å². The van der Waals surface area contributed by atoms with E-state index in [0.717, 1.165) is 49.8 Å². The topological polar surface area (TPSA) is 66.9 Å². The number of nitrogens with zero attached hydrogens (tertiary/aromatic N) is 2. The van der Waals surface area contributed by atoms with Crippen LogP contribution in [0.5, 0.6) is 5.75 Å². The van der Waals surface area contributed by atoms with Crippen LogP contribution in [0.4, 0.5) is 4.39 Å². The molecule has 3 fully saturated rings. The average Bonchev–Trinajstić information content (AvgIpc) is 3.60. The lowest BCUT2D eigenvalue weighted by Gasteiger charge is -2.32. The molecule has 5 rings (SSSR count). The molecule has 0 radical (unpaired) electrons. The summed E-state index contributed by atoms with van der Waals surface area (Å²) in [6, 6.07) is 13.2. The minimum atomic E-state index is -1.38. The van der Waals surface area contributed by atoms with Gasteiger partial charge in [-0.25, -0.2) is 4.39 Å². The Labute approximate surface area is 205 Å². The van der Waals surface area contributed by atoms with E-state index < -0.39 is 11.2 Å². The standard InChI is InChI=1S/C28H31FN2O4/c1-35-24-14-5-4-12-22(24)23-13-7-15-30(23)25(32)17-28(19-8-6-9-20(29)16-19)18-26(33)31(27(28)34)21-10-2-3-11-21/h4-6,8-9,12,14,16,21,23H,2-3,7,10-11,13,15,17-18H2,1H3/t23-,28+/m0/s1. The van der Waals surface area contributed by atoms with Crippen LogP contribution in [0, 0.1) is 5.82 Å². The molecule has 0 bridgehead atoms. The zero-order valence-corrected chi connectivity index (χ0v) is 20.0. The number of ether oxygens (including phenoxy) is 1. The van der Waals surface area contributed by atoms with Crippen molar-refractivity contribution in [1.29, 1.82) is 0 Å². The highest BCUT2D eigenvalue weighted by Gasteiger charge is 2.56. The highest BCUT2D eigenvalue weighted by Crippen LogP contribution is 2.45. The summed E-state index contributed by atoms with van der Waals surface area (Å²) in [6.07, 6.45) is 4.88. The number of benzene rings is 2. The van der Waals surface area contributed by atoms with Crippen molar-refractivity contribution in [1.82, 2.24) is 9.80 Å². The van der Waals surface area contributed by atoms with Crippen molar-refractivity contribution in [2.24, 2.45) is 0 Å². The van der Waals surface area contributed by atoms with Gasteiger partial charge in [-0.1, -0.05) is 43.2 Å². The zero-order chi connectivity index (χ0) is 24.6. The Hall–Kier alpha value is -3.22. The Morgan fingerprint density at radius 1 is 1.06 bits per heavy atom. The number of imide groups is 1. The van der Waals surface area contributed by atoms with Crippen LogP contribution in [-0.4, -0.2) is 47.2 Å². The highest BCUT2D eigenvalue weighted by molar-refractivity contribution is 6.11. The Bertz CT molecular complexity index is 1150. The minimum absolute atomic E-state index is 0.106. The van der Waals surface area contributed by atoms with E-state index in [0.29, 0.717) is 12.1 Å². The van der Waals surface area contributed by atoms with Crippen molar-refractivity contribution in [2.45, 2.75) is 68.9 Å². The van der Waals surface area contributed by atoms with Crippen molar-refractivity contribution >= 4 is 17.7 Å². The lowest BCUT2D eigenvalue weighted by molar-refractivity contribution is -0.145. The molecule has 3 amide bonds. The molecule has 2 atom stereocenters. The van der Waals surface area contributed by atoms with E-state index in [1.54, 1.807) is 24.1 Å². The molecule has 2 saturated heterocycles. The van der Waals surface area contributed by atoms with Gasteiger partial charge in [0.25, 0.3) is 0 Å². The Balaban J connectivity index is 1.49. The lowest BCUT2D eigenvalue weighted by atomic mass is 9.75. The predicted molar refractivity (Wildman–Crippen MR) is 128 cm³/mol. The quantitative estimate of drug-likeness (QED) is 0.573. The summed E-state index contributed by atoms with van der Waals surface area (Å²) in [5.74, 6) is -0.585. The molecule has 2 heterocycles. The summed E-state index contributed by atoms with van der Waals surface area (Å²) in [7, 11) is 1.61. The van der Waals surface area contributed by atoms with Crippen molar-refractivity contribution < 1.29 is 23.5 Å². The van der Waals surface area contributed by atoms with E-state index in [2.05, 4.69) is 0 Å². The van der Waals surface area contributed by atoms with Gasteiger partial charge in [0.1, 0.15) is 11.6 Å². The number of methoxy groups -OCH3 is 1. The summed E-state index contributed by atoms with van der Waals surface area (Å²) < 4.78 is 19.8. The number of likely N-dealkylation sites (tertiary alicyclic amines) is 2. The van der Waals surface area contributed by atoms with Gasteiger partial charge < -0.3 is 9.64 Å². The van der Waals surface area contributed by atoms with E-state index in [1.807, 2.05) is 24.3 Å². The molecule has 2 aliphatic heterocycles. The van der Waals surface area contributed by atoms with Gasteiger partial charge in [-0.3, -0.25) is 19.3 Å². The molecule has 7 heteroatoms. The van der Waals surface area contributed by atoms with Crippen LogP contribution in [0.15, 0.2) is 48.5 Å². The molecule has 1 aliphatic carbocycles. The predicted octanol–water partition coefficient (Wildman–Crippen LogP) is 4.53. The van der Waals surface area contributed by atoms with E-state index >= 15 is 0 Å². The summed E-state index contributed by atoms with van der Waals surface area (Å²) in [5.41, 5.74) is -0.0490. The Morgan fingerprint density at radius 2 is 1.83 bits per heavy atom. The Morgan fingerprint density at radius 3 is 2.57 bits per heavy atom. The number of para-hydroxylation sites is 1. The van der Waals surface area contributed by atoms with Crippen LogP contribution < -0.4 is 4.74 Å². The van der Waals surface area contributed by atoms with E-state index in [9.17, 15) is 18.8 Å². The molecule has 6 nitrogen and oxygen atoms in total. The first-order valence-electron chi connectivity index (χ1n) is 12.5. The fraction of sp³-hybridized carbons (Fsp3) is 0.464. The van der Waals surface area contributed by atoms with Crippen molar-refractivity contribution in [3.05, 3.63) is 65.5 Å². The third-order valence-corrected chi connectivity index (χ3v) is 7.94. The molecule has 0 N–H and O–H groups in total. The number of halogens is 1. The summed E-state index contributed by atoms with van der Waals surface area (Å²) in [4.78, 5) is 44.1. The van der Waals surface area contributed by atoms with Gasteiger partial charge in [0.05, 0.1) is 18.6 Å². The van der Waals surface area contributed by atoms with E-state index in [1.165, 1.54) is 17.0 Å². The molecule has 35 heavy (non-hydrogen) atoms. The molecule has 3 aliphatic rings. The van der Waals surface area contributed by atoms with Crippen LogP contribution in [0.2, 0.25) is 0 Å². The Kier molecular flexibility index (Phi) is 6.34. The molecule has 184 valence electrons. The molecular formula is C28H31FN2O4.